The van der Waals surface area contributed by atoms with E-state index in [9.17, 15) is 19.8 Å². The van der Waals surface area contributed by atoms with Gasteiger partial charge in [0.15, 0.2) is 11.6 Å². The Bertz CT molecular complexity index is 2910. The Balaban J connectivity index is 0.000000321. The van der Waals surface area contributed by atoms with Gasteiger partial charge in [0.25, 0.3) is 0 Å². The maximum Gasteiger partial charge on any atom is 0.338 e. The van der Waals surface area contributed by atoms with E-state index in [4.69, 9.17) is 47.4 Å². The van der Waals surface area contributed by atoms with Crippen molar-refractivity contribution in [3.05, 3.63) is 141 Å². The quantitative estimate of drug-likeness (QED) is 0.0219. The molecular weight excluding hydrogens is 1140 g/mol. The lowest BCUT2D eigenvalue weighted by Gasteiger charge is -2.21. The number of aryl methyl sites for hydroxylation is 6. The number of methoxy groups -OCH3 is 2. The summed E-state index contributed by atoms with van der Waals surface area (Å²) in [5.41, 5.74) is 9.58. The Kier molecular flexibility index (Phi) is 28.7. The van der Waals surface area contributed by atoms with E-state index in [1.54, 1.807) is 20.3 Å². The van der Waals surface area contributed by atoms with Gasteiger partial charge in [-0.3, -0.25) is 0 Å². The Morgan fingerprint density at radius 3 is 1.47 bits per heavy atom. The Hall–Kier alpha value is -5.17. The van der Waals surface area contributed by atoms with Crippen LogP contribution in [0.2, 0.25) is 51.4 Å². The molecule has 2 aliphatic heterocycles. The monoisotopic (exact) mass is 1250 g/mol. The number of rotatable bonds is 30. The second-order valence-electron chi connectivity index (χ2n) is 27.3. The van der Waals surface area contributed by atoms with E-state index in [1.165, 1.54) is 0 Å². The minimum absolute atomic E-state index is 0.0113. The van der Waals surface area contributed by atoms with E-state index in [2.05, 4.69) is 70.2 Å². The molecule has 16 heteroatoms. The van der Waals surface area contributed by atoms with Crippen LogP contribution < -0.4 is 9.47 Å². The summed E-state index contributed by atoms with van der Waals surface area (Å²) in [6.45, 7) is 35.1. The molecule has 88 heavy (non-hydrogen) atoms. The minimum atomic E-state index is -1.30. The summed E-state index contributed by atoms with van der Waals surface area (Å²) < 4.78 is 58.4. The molecule has 8 atom stereocenters. The van der Waals surface area contributed by atoms with Crippen molar-refractivity contribution in [1.29, 1.82) is 0 Å². The zero-order chi connectivity index (χ0) is 65.0. The molecule has 486 valence electrons. The minimum Gasteiger partial charge on any atom is -0.497 e. The summed E-state index contributed by atoms with van der Waals surface area (Å²) in [5, 5.41) is 22.0. The SMILES string of the molecule is COc1ccc(COC(C)CC#CC(O)C2OC(C)(C)O[C@H]2CCCc2cc(C)cc(C)c2C(=O)OCC[Si](C)(C)C)cc1.COc1ccc(CO[C@@H](C)C/C=C\C(O)C2OC(C)(C)O[C@H]2CCCc2cc(C)cc(C)c2C(=O)OCC[Si](C)(C)C)cc1. The van der Waals surface area contributed by atoms with Gasteiger partial charge >= 0.3 is 11.9 Å². The molecule has 4 aromatic rings. The first-order valence-corrected chi connectivity index (χ1v) is 39.0. The number of ether oxygens (including phenoxy) is 10. The van der Waals surface area contributed by atoms with Gasteiger partial charge in [-0.25, -0.2) is 9.59 Å². The highest BCUT2D eigenvalue weighted by molar-refractivity contribution is 6.76. The normalized spacial score (nSPS) is 19.4. The Labute approximate surface area is 529 Å². The van der Waals surface area contributed by atoms with Gasteiger partial charge in [0.2, 0.25) is 0 Å². The second-order valence-corrected chi connectivity index (χ2v) is 38.5. The van der Waals surface area contributed by atoms with Gasteiger partial charge in [-0.1, -0.05) is 123 Å². The van der Waals surface area contributed by atoms with Gasteiger partial charge in [0.1, 0.15) is 35.9 Å². The third kappa shape index (κ3) is 25.3. The number of carbonyl (C=O) groups excluding carboxylic acids is 2. The third-order valence-electron chi connectivity index (χ3n) is 15.5. The van der Waals surface area contributed by atoms with Crippen LogP contribution in [0.25, 0.3) is 0 Å². The first-order chi connectivity index (χ1) is 41.3. The lowest BCUT2D eigenvalue weighted by molar-refractivity contribution is -0.153. The molecule has 4 aromatic carbocycles. The van der Waals surface area contributed by atoms with Gasteiger partial charge in [-0.2, -0.15) is 0 Å². The maximum atomic E-state index is 13.1. The van der Waals surface area contributed by atoms with E-state index in [-0.39, 0.29) is 36.4 Å². The van der Waals surface area contributed by atoms with Crippen LogP contribution in [0.3, 0.4) is 0 Å². The first kappa shape index (κ1) is 73.6. The molecule has 2 heterocycles. The molecule has 2 saturated heterocycles. The van der Waals surface area contributed by atoms with Crippen molar-refractivity contribution in [3.63, 3.8) is 0 Å². The molecule has 0 bridgehead atoms. The van der Waals surface area contributed by atoms with Crippen LogP contribution in [-0.2, 0) is 64.0 Å². The zero-order valence-corrected chi connectivity index (χ0v) is 58.4. The van der Waals surface area contributed by atoms with Gasteiger partial charge in [-0.05, 0) is 184 Å². The van der Waals surface area contributed by atoms with E-state index in [1.807, 2.05) is 129 Å². The third-order valence-corrected chi connectivity index (χ3v) is 18.9. The van der Waals surface area contributed by atoms with Crippen molar-refractivity contribution in [1.82, 2.24) is 0 Å². The summed E-state index contributed by atoms with van der Waals surface area (Å²) in [4.78, 5) is 26.2. The van der Waals surface area contributed by atoms with E-state index in [0.717, 1.165) is 80.9 Å². The molecule has 0 saturated carbocycles. The van der Waals surface area contributed by atoms with Gasteiger partial charge in [0.05, 0.1) is 76.2 Å². The van der Waals surface area contributed by atoms with Gasteiger partial charge < -0.3 is 57.6 Å². The molecule has 5 unspecified atom stereocenters. The van der Waals surface area contributed by atoms with Crippen molar-refractivity contribution in [2.75, 3.05) is 27.4 Å². The fourth-order valence-electron chi connectivity index (χ4n) is 10.8. The van der Waals surface area contributed by atoms with Crippen molar-refractivity contribution in [2.45, 2.75) is 246 Å². The van der Waals surface area contributed by atoms with Crippen LogP contribution in [0.15, 0.2) is 84.9 Å². The number of carbonyl (C=O) groups is 2. The van der Waals surface area contributed by atoms with Crippen molar-refractivity contribution < 1.29 is 67.2 Å². The lowest BCUT2D eigenvalue weighted by Crippen LogP contribution is -2.34. The number of aliphatic hydroxyl groups excluding tert-OH is 2. The largest absolute Gasteiger partial charge is 0.497 e. The van der Waals surface area contributed by atoms with Crippen LogP contribution in [0, 0.1) is 39.5 Å². The van der Waals surface area contributed by atoms with Crippen molar-refractivity contribution in [3.8, 4) is 23.3 Å². The van der Waals surface area contributed by atoms with Crippen LogP contribution >= 0.6 is 0 Å². The molecule has 2 aliphatic rings. The Morgan fingerprint density at radius 1 is 0.614 bits per heavy atom. The molecule has 14 nitrogen and oxygen atoms in total. The van der Waals surface area contributed by atoms with Crippen LogP contribution in [0.1, 0.15) is 145 Å². The fraction of sp³-hybridized carbons (Fsp3) is 0.583. The number of esters is 2. The van der Waals surface area contributed by atoms with E-state index >= 15 is 0 Å². The molecule has 2 N–H and O–H groups in total. The van der Waals surface area contributed by atoms with Crippen LogP contribution in [0.5, 0.6) is 11.5 Å². The summed E-state index contributed by atoms with van der Waals surface area (Å²) in [6, 6.07) is 25.7. The summed E-state index contributed by atoms with van der Waals surface area (Å²) in [7, 11) is 0.696. The summed E-state index contributed by atoms with van der Waals surface area (Å²) in [6.07, 6.45) is 5.62. The average molecular weight is 1250 g/mol. The second kappa shape index (κ2) is 34.3. The van der Waals surface area contributed by atoms with E-state index < -0.39 is 52.1 Å². The van der Waals surface area contributed by atoms with Crippen molar-refractivity contribution >= 4 is 28.1 Å². The molecule has 6 rings (SSSR count). The molecule has 0 amide bonds. The topological polar surface area (TPSA) is 167 Å². The predicted molar refractivity (Wildman–Crippen MR) is 355 cm³/mol. The molecule has 0 aliphatic carbocycles. The number of benzene rings is 4. The number of aliphatic hydroxyl groups is 2. The zero-order valence-electron chi connectivity index (χ0n) is 56.4. The molecule has 0 aromatic heterocycles. The highest BCUT2D eigenvalue weighted by atomic mass is 28.3. The maximum absolute atomic E-state index is 13.1. The lowest BCUT2D eigenvalue weighted by atomic mass is 9.93. The summed E-state index contributed by atoms with van der Waals surface area (Å²) in [5.74, 6) is 5.57. The highest BCUT2D eigenvalue weighted by Crippen LogP contribution is 2.35. The molecule has 0 spiro atoms. The summed E-state index contributed by atoms with van der Waals surface area (Å²) >= 11 is 0. The van der Waals surface area contributed by atoms with Crippen molar-refractivity contribution in [2.24, 2.45) is 0 Å². The average Bonchev–Trinajstić information content (AvgIpc) is 1.74. The Morgan fingerprint density at radius 2 is 1.03 bits per heavy atom. The standard InChI is InChI=1S/C36H54O7Si.C36H52O7Si/c2*1-25-22-26(2)33(35(38)40-20-21-44(7,8)9)29(23-25)13-11-15-32-34(43-36(4,5)42-32)31(37)14-10-12-27(3)41-24-28-16-18-30(39-6)19-17-28/h10,14,16-19,22-23,27,31-32,34,37H,11-13,15,20-21,24H2,1-9H3;16-19,22-23,27,31-32,34,37H,11-13,15,20-21,24H2,1-9H3/b14-10-;/t27-,31?,32-,34?;27?,31?,32-,34?/m00/s1. The molecular formula is C72H106O14Si2. The number of hydrogen-bond acceptors (Lipinski definition) is 14. The van der Waals surface area contributed by atoms with Gasteiger partial charge in [0, 0.05) is 22.6 Å². The smallest absolute Gasteiger partial charge is 0.338 e. The van der Waals surface area contributed by atoms with Crippen LogP contribution in [-0.4, -0.2) is 126 Å². The predicted octanol–water partition coefficient (Wildman–Crippen LogP) is 14.6. The molecule has 2 fully saturated rings. The number of hydrogen-bond donors (Lipinski definition) is 2. The molecule has 0 radical (unpaired) electrons. The van der Waals surface area contributed by atoms with E-state index in [0.29, 0.717) is 76.1 Å². The van der Waals surface area contributed by atoms with Crippen LogP contribution in [0.4, 0.5) is 0 Å². The fourth-order valence-corrected chi connectivity index (χ4v) is 12.2. The highest BCUT2D eigenvalue weighted by Gasteiger charge is 2.45. The first-order valence-electron chi connectivity index (χ1n) is 31.6. The van der Waals surface area contributed by atoms with Gasteiger partial charge in [-0.15, -0.1) is 0 Å².